The van der Waals surface area contributed by atoms with Crippen molar-refractivity contribution < 1.29 is 0 Å². The molecule has 1 heterocycles. The van der Waals surface area contributed by atoms with Crippen LogP contribution >= 0.6 is 0 Å². The van der Waals surface area contributed by atoms with Gasteiger partial charge in [-0.25, -0.2) is 4.98 Å². The molecular weight excluding hydrogens is 210 g/mol. The van der Waals surface area contributed by atoms with Gasteiger partial charge in [0.15, 0.2) is 0 Å². The van der Waals surface area contributed by atoms with Crippen LogP contribution in [-0.4, -0.2) is 15.5 Å². The second-order valence-electron chi connectivity index (χ2n) is 5.03. The van der Waals surface area contributed by atoms with Gasteiger partial charge in [-0.2, -0.15) is 0 Å². The fourth-order valence-corrected chi connectivity index (χ4v) is 1.56. The Kier molecular flexibility index (Phi) is 3.09. The molecule has 2 aromatic rings. The lowest BCUT2D eigenvalue weighted by molar-refractivity contribution is 0.630. The van der Waals surface area contributed by atoms with Gasteiger partial charge in [-0.1, -0.05) is 30.3 Å². The highest BCUT2D eigenvalue weighted by molar-refractivity contribution is 5.59. The molecule has 3 heteroatoms. The molecule has 17 heavy (non-hydrogen) atoms. The largest absolute Gasteiger partial charge is 0.364 e. The van der Waals surface area contributed by atoms with Crippen molar-refractivity contribution in [3.63, 3.8) is 0 Å². The number of nitrogens with zero attached hydrogens (tertiary/aromatic N) is 2. The first kappa shape index (κ1) is 11.6. The summed E-state index contributed by atoms with van der Waals surface area (Å²) in [5.41, 5.74) is 1.96. The van der Waals surface area contributed by atoms with E-state index in [1.807, 2.05) is 30.3 Å². The molecular formula is C14H17N3. The Hall–Kier alpha value is -1.90. The SMILES string of the molecule is CC(C)(C)Nc1cncc(-c2ccccc2)n1. The van der Waals surface area contributed by atoms with E-state index in [9.17, 15) is 0 Å². The van der Waals surface area contributed by atoms with Gasteiger partial charge in [0.1, 0.15) is 5.82 Å². The number of anilines is 1. The minimum atomic E-state index is -0.00993. The average molecular weight is 227 g/mol. The number of hydrogen-bond acceptors (Lipinski definition) is 3. The quantitative estimate of drug-likeness (QED) is 0.855. The Labute approximate surface area is 102 Å². The molecule has 0 aliphatic heterocycles. The summed E-state index contributed by atoms with van der Waals surface area (Å²) in [7, 11) is 0. The van der Waals surface area contributed by atoms with Crippen LogP contribution in [0, 0.1) is 0 Å². The average Bonchev–Trinajstić information content (AvgIpc) is 2.28. The second kappa shape index (κ2) is 4.53. The highest BCUT2D eigenvalue weighted by Gasteiger charge is 2.10. The number of hydrogen-bond donors (Lipinski definition) is 1. The van der Waals surface area contributed by atoms with E-state index in [0.717, 1.165) is 17.1 Å². The molecule has 88 valence electrons. The van der Waals surface area contributed by atoms with Gasteiger partial charge in [0.25, 0.3) is 0 Å². The zero-order valence-electron chi connectivity index (χ0n) is 10.4. The van der Waals surface area contributed by atoms with Crippen molar-refractivity contribution in [1.82, 2.24) is 9.97 Å². The van der Waals surface area contributed by atoms with E-state index in [1.165, 1.54) is 0 Å². The van der Waals surface area contributed by atoms with E-state index in [-0.39, 0.29) is 5.54 Å². The van der Waals surface area contributed by atoms with E-state index < -0.39 is 0 Å². The van der Waals surface area contributed by atoms with Crippen molar-refractivity contribution in [2.75, 3.05) is 5.32 Å². The molecule has 1 aromatic heterocycles. The summed E-state index contributed by atoms with van der Waals surface area (Å²) in [5.74, 6) is 0.804. The first-order valence-corrected chi connectivity index (χ1v) is 5.70. The maximum Gasteiger partial charge on any atom is 0.145 e. The Balaban J connectivity index is 2.29. The summed E-state index contributed by atoms with van der Waals surface area (Å²) >= 11 is 0. The van der Waals surface area contributed by atoms with Gasteiger partial charge in [-0.3, -0.25) is 4.98 Å². The third-order valence-corrected chi connectivity index (χ3v) is 2.21. The molecule has 0 aliphatic rings. The van der Waals surface area contributed by atoms with Gasteiger partial charge in [-0.05, 0) is 20.8 Å². The fourth-order valence-electron chi connectivity index (χ4n) is 1.56. The van der Waals surface area contributed by atoms with Crippen LogP contribution in [0.2, 0.25) is 0 Å². The lowest BCUT2D eigenvalue weighted by Gasteiger charge is -2.21. The van der Waals surface area contributed by atoms with Crippen molar-refractivity contribution in [1.29, 1.82) is 0 Å². The van der Waals surface area contributed by atoms with E-state index >= 15 is 0 Å². The van der Waals surface area contributed by atoms with Crippen LogP contribution in [-0.2, 0) is 0 Å². The Morgan fingerprint density at radius 2 is 1.71 bits per heavy atom. The maximum atomic E-state index is 4.55. The second-order valence-corrected chi connectivity index (χ2v) is 5.03. The molecule has 0 amide bonds. The Morgan fingerprint density at radius 1 is 1.00 bits per heavy atom. The third-order valence-electron chi connectivity index (χ3n) is 2.21. The zero-order chi connectivity index (χ0) is 12.3. The molecule has 0 aliphatic carbocycles. The van der Waals surface area contributed by atoms with E-state index in [1.54, 1.807) is 12.4 Å². The predicted octanol–water partition coefficient (Wildman–Crippen LogP) is 3.35. The summed E-state index contributed by atoms with van der Waals surface area (Å²) in [6.07, 6.45) is 3.53. The van der Waals surface area contributed by atoms with Crippen LogP contribution in [0.1, 0.15) is 20.8 Å². The number of aromatic nitrogens is 2. The number of benzene rings is 1. The molecule has 1 aromatic carbocycles. The first-order valence-electron chi connectivity index (χ1n) is 5.70. The summed E-state index contributed by atoms with van der Waals surface area (Å²) in [6.45, 7) is 6.30. The molecule has 0 fully saturated rings. The summed E-state index contributed by atoms with van der Waals surface area (Å²) in [5, 5.41) is 3.32. The summed E-state index contributed by atoms with van der Waals surface area (Å²) in [6, 6.07) is 10.1. The monoisotopic (exact) mass is 227 g/mol. The van der Waals surface area contributed by atoms with Gasteiger partial charge < -0.3 is 5.32 Å². The molecule has 0 radical (unpaired) electrons. The Morgan fingerprint density at radius 3 is 2.35 bits per heavy atom. The molecule has 0 bridgehead atoms. The third kappa shape index (κ3) is 3.28. The number of rotatable bonds is 2. The molecule has 3 nitrogen and oxygen atoms in total. The molecule has 0 unspecified atom stereocenters. The summed E-state index contributed by atoms with van der Waals surface area (Å²) in [4.78, 5) is 8.77. The van der Waals surface area contributed by atoms with Gasteiger partial charge in [0, 0.05) is 11.1 Å². The smallest absolute Gasteiger partial charge is 0.145 e. The molecule has 0 spiro atoms. The van der Waals surface area contributed by atoms with Crippen molar-refractivity contribution in [3.8, 4) is 11.3 Å². The van der Waals surface area contributed by atoms with Crippen LogP contribution in [0.25, 0.3) is 11.3 Å². The van der Waals surface area contributed by atoms with Crippen LogP contribution in [0.4, 0.5) is 5.82 Å². The van der Waals surface area contributed by atoms with Crippen molar-refractivity contribution in [2.24, 2.45) is 0 Å². The lowest BCUT2D eigenvalue weighted by Crippen LogP contribution is -2.26. The Bertz CT molecular complexity index is 486. The standard InChI is InChI=1S/C14H17N3/c1-14(2,3)17-13-10-15-9-12(16-13)11-7-5-4-6-8-11/h4-10H,1-3H3,(H,16,17). The van der Waals surface area contributed by atoms with E-state index in [2.05, 4.69) is 36.1 Å². The molecule has 0 atom stereocenters. The van der Waals surface area contributed by atoms with Crippen LogP contribution in [0.5, 0.6) is 0 Å². The molecule has 0 saturated heterocycles. The highest BCUT2D eigenvalue weighted by Crippen LogP contribution is 2.18. The first-order chi connectivity index (χ1) is 8.04. The molecule has 1 N–H and O–H groups in total. The van der Waals surface area contributed by atoms with Gasteiger partial charge in [0.05, 0.1) is 18.1 Å². The normalized spacial score (nSPS) is 11.2. The van der Waals surface area contributed by atoms with Crippen molar-refractivity contribution in [3.05, 3.63) is 42.7 Å². The zero-order valence-corrected chi connectivity index (χ0v) is 10.4. The van der Waals surface area contributed by atoms with Gasteiger partial charge in [0.2, 0.25) is 0 Å². The van der Waals surface area contributed by atoms with Crippen LogP contribution in [0.3, 0.4) is 0 Å². The molecule has 2 rings (SSSR count). The van der Waals surface area contributed by atoms with Crippen LogP contribution < -0.4 is 5.32 Å². The number of nitrogens with one attached hydrogen (secondary N) is 1. The highest BCUT2D eigenvalue weighted by atomic mass is 15.1. The lowest BCUT2D eigenvalue weighted by atomic mass is 10.1. The van der Waals surface area contributed by atoms with Crippen molar-refractivity contribution in [2.45, 2.75) is 26.3 Å². The van der Waals surface area contributed by atoms with Gasteiger partial charge >= 0.3 is 0 Å². The molecule has 0 saturated carbocycles. The van der Waals surface area contributed by atoms with E-state index in [4.69, 9.17) is 0 Å². The predicted molar refractivity (Wildman–Crippen MR) is 70.8 cm³/mol. The minimum Gasteiger partial charge on any atom is -0.364 e. The van der Waals surface area contributed by atoms with Gasteiger partial charge in [-0.15, -0.1) is 0 Å². The maximum absolute atomic E-state index is 4.55. The van der Waals surface area contributed by atoms with E-state index in [0.29, 0.717) is 0 Å². The summed E-state index contributed by atoms with van der Waals surface area (Å²) < 4.78 is 0. The topological polar surface area (TPSA) is 37.8 Å². The van der Waals surface area contributed by atoms with Crippen molar-refractivity contribution >= 4 is 5.82 Å². The minimum absolute atomic E-state index is 0.00993. The fraction of sp³-hybridized carbons (Fsp3) is 0.286. The van der Waals surface area contributed by atoms with Crippen LogP contribution in [0.15, 0.2) is 42.7 Å².